The number of benzene rings is 1. The molecule has 0 amide bonds. The fourth-order valence-corrected chi connectivity index (χ4v) is 0.591. The van der Waals surface area contributed by atoms with Crippen LogP contribution in [0.2, 0.25) is 0 Å². The SMILES string of the molecule is [3H]c1cc[c-]cc1CC.[CH3-].[Y]. The van der Waals surface area contributed by atoms with Crippen molar-refractivity contribution in [3.8, 4) is 0 Å². The summed E-state index contributed by atoms with van der Waals surface area (Å²) in [6.45, 7) is 2.04. The third-order valence-corrected chi connectivity index (χ3v) is 1.09. The van der Waals surface area contributed by atoms with Gasteiger partial charge in [0.2, 0.25) is 0 Å². The van der Waals surface area contributed by atoms with Crippen LogP contribution in [0.1, 0.15) is 13.9 Å². The molecule has 0 saturated carbocycles. The summed E-state index contributed by atoms with van der Waals surface area (Å²) in [5.41, 5.74) is 1.07. The van der Waals surface area contributed by atoms with Gasteiger partial charge in [0.25, 0.3) is 0 Å². The van der Waals surface area contributed by atoms with Gasteiger partial charge >= 0.3 is 0 Å². The second kappa shape index (κ2) is 7.43. The van der Waals surface area contributed by atoms with Gasteiger partial charge in [-0.05, 0) is 0 Å². The number of hydrogen-bond donors (Lipinski definition) is 0. The first-order valence-electron chi connectivity index (χ1n) is 3.30. The molecular weight excluding hydrogens is 197 g/mol. The van der Waals surface area contributed by atoms with Crippen molar-refractivity contribution < 1.29 is 34.1 Å². The van der Waals surface area contributed by atoms with Crippen LogP contribution in [-0.2, 0) is 39.1 Å². The number of aryl methyl sites for hydroxylation is 1. The Kier molecular flexibility index (Phi) is 7.67. The Morgan fingerprint density at radius 3 is 2.80 bits per heavy atom. The van der Waals surface area contributed by atoms with Crippen molar-refractivity contribution in [2.45, 2.75) is 13.3 Å². The first-order chi connectivity index (χ1) is 4.34. The van der Waals surface area contributed by atoms with Gasteiger partial charge < -0.3 is 7.43 Å². The van der Waals surface area contributed by atoms with Gasteiger partial charge in [-0.1, -0.05) is 13.3 Å². The Balaban J connectivity index is 0. The molecule has 1 aromatic rings. The van der Waals surface area contributed by atoms with E-state index in [1.54, 1.807) is 12.1 Å². The Morgan fingerprint density at radius 1 is 1.70 bits per heavy atom. The quantitative estimate of drug-likeness (QED) is 0.626. The Bertz CT molecular complexity index is 199. The molecule has 0 aliphatic carbocycles. The minimum Gasteiger partial charge on any atom is -0.358 e. The molecule has 0 unspecified atom stereocenters. The summed E-state index contributed by atoms with van der Waals surface area (Å²) in [6.07, 6.45) is 0.927. The summed E-state index contributed by atoms with van der Waals surface area (Å²) in [6, 6.07) is 8.95. The first kappa shape index (κ1) is 10.3. The van der Waals surface area contributed by atoms with Gasteiger partial charge in [-0.15, -0.1) is 0 Å². The van der Waals surface area contributed by atoms with Crippen LogP contribution < -0.4 is 0 Å². The minimum absolute atomic E-state index is 0. The van der Waals surface area contributed by atoms with Crippen molar-refractivity contribution in [2.24, 2.45) is 0 Å². The van der Waals surface area contributed by atoms with Crippen LogP contribution in [0.15, 0.2) is 24.2 Å². The maximum atomic E-state index is 7.35. The third kappa shape index (κ3) is 4.19. The molecule has 0 aliphatic rings. The maximum Gasteiger partial charge on any atom is 0.0339 e. The summed E-state index contributed by atoms with van der Waals surface area (Å²) in [4.78, 5) is 0. The van der Waals surface area contributed by atoms with Gasteiger partial charge in [0.15, 0.2) is 0 Å². The molecule has 1 aromatic carbocycles. The zero-order chi connectivity index (χ0) is 6.69. The Labute approximate surface area is 90.3 Å². The molecule has 1 radical (unpaired) electrons. The van der Waals surface area contributed by atoms with E-state index >= 15 is 0 Å². The summed E-state index contributed by atoms with van der Waals surface area (Å²) in [5.74, 6) is 0. The normalized spacial score (nSPS) is 8.70. The molecule has 0 nitrogen and oxygen atoms in total. The van der Waals surface area contributed by atoms with E-state index in [9.17, 15) is 0 Å². The van der Waals surface area contributed by atoms with Gasteiger partial charge in [-0.25, -0.2) is 0 Å². The van der Waals surface area contributed by atoms with Crippen molar-refractivity contribution >= 4 is 0 Å². The monoisotopic (exact) mass is 211 g/mol. The molecule has 0 atom stereocenters. The zero-order valence-electron chi connectivity index (χ0n) is 7.52. The molecule has 1 heteroatoms. The van der Waals surface area contributed by atoms with E-state index in [0.717, 1.165) is 12.0 Å². The van der Waals surface area contributed by atoms with Crippen molar-refractivity contribution in [1.82, 2.24) is 0 Å². The molecule has 0 saturated heterocycles. The molecule has 0 N–H and O–H groups in total. The second-order valence-corrected chi connectivity index (χ2v) is 1.67. The average molecular weight is 211 g/mol. The molecule has 53 valence electrons. The van der Waals surface area contributed by atoms with E-state index in [2.05, 4.69) is 6.07 Å². The number of hydrogen-bond acceptors (Lipinski definition) is 0. The van der Waals surface area contributed by atoms with Crippen LogP contribution in [0.4, 0.5) is 0 Å². The summed E-state index contributed by atoms with van der Waals surface area (Å²) in [5, 5.41) is 0. The maximum absolute atomic E-state index is 7.35. The van der Waals surface area contributed by atoms with Crippen LogP contribution in [0.3, 0.4) is 0 Å². The zero-order valence-corrected chi connectivity index (χ0v) is 9.35. The summed E-state index contributed by atoms with van der Waals surface area (Å²) < 4.78 is 7.35. The summed E-state index contributed by atoms with van der Waals surface area (Å²) in [7, 11) is 0. The van der Waals surface area contributed by atoms with E-state index in [-0.39, 0.29) is 40.1 Å². The molecule has 0 bridgehead atoms. The second-order valence-electron chi connectivity index (χ2n) is 1.67. The predicted octanol–water partition coefficient (Wildman–Crippen LogP) is 2.50. The van der Waals surface area contributed by atoms with E-state index in [1.165, 1.54) is 0 Å². The number of rotatable bonds is 1. The van der Waals surface area contributed by atoms with Crippen LogP contribution in [-0.4, -0.2) is 0 Å². The standard InChI is InChI=1S/C8H9.CH3.Y/c1-2-8-6-4-3-5-7-8;;/h3-4,6-7H,2H2,1H3;1H3;/q2*-1;/i6T;;. The van der Waals surface area contributed by atoms with Crippen molar-refractivity contribution in [1.29, 1.82) is 0 Å². The Morgan fingerprint density at radius 2 is 2.40 bits per heavy atom. The topological polar surface area (TPSA) is 0 Å². The molecule has 0 aliphatic heterocycles. The van der Waals surface area contributed by atoms with Gasteiger partial charge in [0.05, 0.1) is 0 Å². The average Bonchev–Trinajstić information content (AvgIpc) is 1.89. The fourth-order valence-electron chi connectivity index (χ4n) is 0.591. The molecule has 0 fully saturated rings. The van der Waals surface area contributed by atoms with Crippen LogP contribution in [0, 0.1) is 13.5 Å². The van der Waals surface area contributed by atoms with Gasteiger partial charge in [0, 0.05) is 34.1 Å². The molecule has 0 spiro atoms. The minimum atomic E-state index is 0. The van der Waals surface area contributed by atoms with Gasteiger partial charge in [-0.3, -0.25) is 0 Å². The van der Waals surface area contributed by atoms with Crippen LogP contribution in [0.5, 0.6) is 0 Å². The van der Waals surface area contributed by atoms with Gasteiger partial charge in [0.1, 0.15) is 0 Å². The van der Waals surface area contributed by atoms with Crippen LogP contribution >= 0.6 is 0 Å². The molecular formula is C9H12Y-2. The molecule has 1 rings (SSSR count). The van der Waals surface area contributed by atoms with E-state index in [0.29, 0.717) is 6.04 Å². The van der Waals surface area contributed by atoms with Crippen LogP contribution in [0.25, 0.3) is 0 Å². The molecule has 10 heavy (non-hydrogen) atoms. The third-order valence-electron chi connectivity index (χ3n) is 1.09. The summed E-state index contributed by atoms with van der Waals surface area (Å²) >= 11 is 0. The van der Waals surface area contributed by atoms with E-state index < -0.39 is 0 Å². The van der Waals surface area contributed by atoms with Crippen molar-refractivity contribution in [2.75, 3.05) is 0 Å². The van der Waals surface area contributed by atoms with Gasteiger partial charge in [-0.2, -0.15) is 35.9 Å². The largest absolute Gasteiger partial charge is 0.358 e. The molecule has 0 aromatic heterocycles. The van der Waals surface area contributed by atoms with Crippen molar-refractivity contribution in [3.05, 3.63) is 43.3 Å². The molecule has 0 heterocycles. The predicted molar refractivity (Wildman–Crippen MR) is 41.1 cm³/mol. The smallest absolute Gasteiger partial charge is 0.0339 e. The fraction of sp³-hybridized carbons (Fsp3) is 0.222. The van der Waals surface area contributed by atoms with E-state index in [1.807, 2.05) is 13.0 Å². The Hall–Kier alpha value is 0.324. The first-order valence-corrected chi connectivity index (χ1v) is 2.80. The van der Waals surface area contributed by atoms with E-state index in [4.69, 9.17) is 1.37 Å². The van der Waals surface area contributed by atoms with Crippen molar-refractivity contribution in [3.63, 3.8) is 0 Å².